The highest BCUT2D eigenvalue weighted by atomic mass is 16.5. The number of rotatable bonds is 6. The second kappa shape index (κ2) is 9.16. The minimum absolute atomic E-state index is 0.123. The maximum absolute atomic E-state index is 12.7. The largest absolute Gasteiger partial charge is 0.452 e. The number of amides is 1. The van der Waals surface area contributed by atoms with Crippen LogP contribution in [0.5, 0.6) is 0 Å². The van der Waals surface area contributed by atoms with E-state index in [1.54, 1.807) is 11.6 Å². The summed E-state index contributed by atoms with van der Waals surface area (Å²) in [6.45, 7) is 10.0. The molecule has 0 aliphatic rings. The first-order valence-corrected chi connectivity index (χ1v) is 10.3. The summed E-state index contributed by atoms with van der Waals surface area (Å²) >= 11 is 0. The first-order valence-electron chi connectivity index (χ1n) is 10.3. The van der Waals surface area contributed by atoms with E-state index < -0.39 is 5.97 Å². The van der Waals surface area contributed by atoms with Crippen molar-refractivity contribution in [2.75, 3.05) is 11.9 Å². The lowest BCUT2D eigenvalue weighted by atomic mass is 9.86. The summed E-state index contributed by atoms with van der Waals surface area (Å²) in [5.41, 5.74) is 4.40. The van der Waals surface area contributed by atoms with Crippen LogP contribution in [0.3, 0.4) is 0 Å². The molecule has 0 radical (unpaired) electrons. The van der Waals surface area contributed by atoms with Crippen LogP contribution in [0.25, 0.3) is 0 Å². The van der Waals surface area contributed by atoms with E-state index in [0.717, 1.165) is 16.8 Å². The van der Waals surface area contributed by atoms with E-state index in [1.807, 2.05) is 61.5 Å². The van der Waals surface area contributed by atoms with Crippen LogP contribution in [0.1, 0.15) is 53.6 Å². The van der Waals surface area contributed by atoms with Crippen molar-refractivity contribution in [2.24, 2.45) is 0 Å². The van der Waals surface area contributed by atoms with Crippen LogP contribution in [-0.2, 0) is 21.5 Å². The maximum Gasteiger partial charge on any atom is 0.342 e. The lowest BCUT2D eigenvalue weighted by molar-refractivity contribution is -0.119. The molecule has 1 N–H and O–H groups in total. The van der Waals surface area contributed by atoms with Crippen LogP contribution in [0, 0.1) is 13.8 Å². The molecule has 3 rings (SSSR count). The number of hydrogen-bond donors (Lipinski definition) is 1. The molecule has 2 aromatic carbocycles. The van der Waals surface area contributed by atoms with Crippen LogP contribution in [0.15, 0.2) is 54.6 Å². The number of benzene rings is 2. The van der Waals surface area contributed by atoms with Crippen LogP contribution in [-0.4, -0.2) is 28.3 Å². The van der Waals surface area contributed by atoms with Gasteiger partial charge in [0.05, 0.1) is 17.9 Å². The number of anilines is 1. The van der Waals surface area contributed by atoms with Crippen molar-refractivity contribution in [3.05, 3.63) is 82.7 Å². The van der Waals surface area contributed by atoms with Gasteiger partial charge in [0.2, 0.25) is 0 Å². The Morgan fingerprint density at radius 3 is 2.32 bits per heavy atom. The maximum atomic E-state index is 12.7. The van der Waals surface area contributed by atoms with E-state index in [-0.39, 0.29) is 17.9 Å². The smallest absolute Gasteiger partial charge is 0.342 e. The Labute approximate surface area is 183 Å². The van der Waals surface area contributed by atoms with Gasteiger partial charge in [-0.15, -0.1) is 0 Å². The molecule has 162 valence electrons. The number of para-hydroxylation sites is 1. The van der Waals surface area contributed by atoms with E-state index in [9.17, 15) is 9.59 Å². The fourth-order valence-electron chi connectivity index (χ4n) is 3.54. The fourth-order valence-corrected chi connectivity index (χ4v) is 3.54. The molecule has 0 unspecified atom stereocenters. The minimum atomic E-state index is -0.548. The first kappa shape index (κ1) is 22.3. The Morgan fingerprint density at radius 2 is 1.65 bits per heavy atom. The molecule has 1 amide bonds. The molecule has 0 saturated carbocycles. The zero-order chi connectivity index (χ0) is 22.6. The van der Waals surface area contributed by atoms with E-state index in [4.69, 9.17) is 4.74 Å². The van der Waals surface area contributed by atoms with Crippen molar-refractivity contribution in [3.63, 3.8) is 0 Å². The Bertz CT molecular complexity index is 1080. The summed E-state index contributed by atoms with van der Waals surface area (Å²) < 4.78 is 7.09. The summed E-state index contributed by atoms with van der Waals surface area (Å²) in [5, 5.41) is 7.33. The lowest BCUT2D eigenvalue weighted by Gasteiger charge is -2.22. The monoisotopic (exact) mass is 419 g/mol. The molecule has 1 heterocycles. The SMILES string of the molecule is Cc1nn(Cc2ccccc2)c(C)c1C(=O)OCC(=O)Nc1ccccc1C(C)(C)C. The van der Waals surface area contributed by atoms with Crippen LogP contribution in [0.4, 0.5) is 5.69 Å². The van der Waals surface area contributed by atoms with Crippen molar-refractivity contribution in [1.29, 1.82) is 0 Å². The van der Waals surface area contributed by atoms with Gasteiger partial charge in [-0.1, -0.05) is 69.3 Å². The molecule has 6 heteroatoms. The highest BCUT2D eigenvalue weighted by Crippen LogP contribution is 2.29. The number of carbonyl (C=O) groups is 2. The molecule has 31 heavy (non-hydrogen) atoms. The number of aryl methyl sites for hydroxylation is 1. The van der Waals surface area contributed by atoms with Gasteiger partial charge in [-0.2, -0.15) is 5.10 Å². The summed E-state index contributed by atoms with van der Waals surface area (Å²) in [4.78, 5) is 25.1. The Kier molecular flexibility index (Phi) is 6.59. The lowest BCUT2D eigenvalue weighted by Crippen LogP contribution is -2.23. The molecule has 0 fully saturated rings. The number of nitrogens with zero attached hydrogens (tertiary/aromatic N) is 2. The first-order chi connectivity index (χ1) is 14.7. The number of nitrogens with one attached hydrogen (secondary N) is 1. The molecule has 0 aliphatic carbocycles. The fraction of sp³-hybridized carbons (Fsp3) is 0.320. The van der Waals surface area contributed by atoms with E-state index in [1.165, 1.54) is 0 Å². The van der Waals surface area contributed by atoms with Crippen molar-refractivity contribution in [2.45, 2.75) is 46.6 Å². The molecule has 0 saturated heterocycles. The molecular weight excluding hydrogens is 390 g/mol. The predicted octanol–water partition coefficient (Wildman–Crippen LogP) is 4.64. The quantitative estimate of drug-likeness (QED) is 0.591. The van der Waals surface area contributed by atoms with Crippen LogP contribution in [0.2, 0.25) is 0 Å². The average molecular weight is 420 g/mol. The zero-order valence-corrected chi connectivity index (χ0v) is 18.7. The molecule has 1 aromatic heterocycles. The van der Waals surface area contributed by atoms with Gasteiger partial charge in [0.15, 0.2) is 6.61 Å². The van der Waals surface area contributed by atoms with Crippen molar-refractivity contribution in [1.82, 2.24) is 9.78 Å². The summed E-state index contributed by atoms with van der Waals surface area (Å²) in [6.07, 6.45) is 0. The van der Waals surface area contributed by atoms with E-state index >= 15 is 0 Å². The molecule has 6 nitrogen and oxygen atoms in total. The van der Waals surface area contributed by atoms with Gasteiger partial charge in [0, 0.05) is 5.69 Å². The number of carbonyl (C=O) groups excluding carboxylic acids is 2. The molecule has 0 aliphatic heterocycles. The van der Waals surface area contributed by atoms with E-state index in [2.05, 4.69) is 31.2 Å². The highest BCUT2D eigenvalue weighted by molar-refractivity contribution is 5.97. The summed E-state index contributed by atoms with van der Waals surface area (Å²) in [6, 6.07) is 17.5. The van der Waals surface area contributed by atoms with Gasteiger partial charge < -0.3 is 10.1 Å². The third kappa shape index (κ3) is 5.40. The van der Waals surface area contributed by atoms with Crippen molar-refractivity contribution in [3.8, 4) is 0 Å². The number of aromatic nitrogens is 2. The normalized spacial score (nSPS) is 11.3. The van der Waals surface area contributed by atoms with Crippen molar-refractivity contribution < 1.29 is 14.3 Å². The number of ether oxygens (including phenoxy) is 1. The molecule has 0 bridgehead atoms. The summed E-state index contributed by atoms with van der Waals surface area (Å²) in [5.74, 6) is -0.925. The Balaban J connectivity index is 1.66. The third-order valence-electron chi connectivity index (χ3n) is 5.10. The number of esters is 1. The minimum Gasteiger partial charge on any atom is -0.452 e. The van der Waals surface area contributed by atoms with Gasteiger partial charge in [-0.05, 0) is 36.5 Å². The highest BCUT2D eigenvalue weighted by Gasteiger charge is 2.22. The molecule has 0 atom stereocenters. The van der Waals surface area contributed by atoms with Gasteiger partial charge in [-0.25, -0.2) is 4.79 Å². The van der Waals surface area contributed by atoms with Crippen LogP contribution >= 0.6 is 0 Å². The van der Waals surface area contributed by atoms with Gasteiger partial charge in [0.25, 0.3) is 5.91 Å². The van der Waals surface area contributed by atoms with Gasteiger partial charge in [0.1, 0.15) is 5.56 Å². The number of hydrogen-bond acceptors (Lipinski definition) is 4. The standard InChI is InChI=1S/C25H29N3O3/c1-17-23(18(2)28(27-17)15-19-11-7-6-8-12-19)24(30)31-16-22(29)26-21-14-10-9-13-20(21)25(3,4)5/h6-14H,15-16H2,1-5H3,(H,26,29). The molecule has 0 spiro atoms. The van der Waals surface area contributed by atoms with Gasteiger partial charge >= 0.3 is 5.97 Å². The Morgan fingerprint density at radius 1 is 1.00 bits per heavy atom. The van der Waals surface area contributed by atoms with E-state index in [0.29, 0.717) is 23.5 Å². The molecule has 3 aromatic rings. The topological polar surface area (TPSA) is 73.2 Å². The second-order valence-electron chi connectivity index (χ2n) is 8.61. The van der Waals surface area contributed by atoms with Gasteiger partial charge in [-0.3, -0.25) is 9.48 Å². The Hall–Kier alpha value is -3.41. The zero-order valence-electron chi connectivity index (χ0n) is 18.7. The average Bonchev–Trinajstić information content (AvgIpc) is 2.99. The van der Waals surface area contributed by atoms with Crippen LogP contribution < -0.4 is 5.32 Å². The second-order valence-corrected chi connectivity index (χ2v) is 8.61. The third-order valence-corrected chi connectivity index (χ3v) is 5.10. The molecular formula is C25H29N3O3. The van der Waals surface area contributed by atoms with Crippen molar-refractivity contribution >= 4 is 17.6 Å². The summed E-state index contributed by atoms with van der Waals surface area (Å²) in [7, 11) is 0. The predicted molar refractivity (Wildman–Crippen MR) is 121 cm³/mol.